The van der Waals surface area contributed by atoms with Crippen LogP contribution in [-0.2, 0) is 4.74 Å². The van der Waals surface area contributed by atoms with E-state index in [9.17, 15) is 4.79 Å². The highest BCUT2D eigenvalue weighted by Gasteiger charge is 2.11. The monoisotopic (exact) mass is 271 g/mol. The molecule has 0 aliphatic carbocycles. The Morgan fingerprint density at radius 1 is 1.39 bits per heavy atom. The molecule has 1 amide bonds. The number of thioether (sulfide) groups is 1. The molecule has 2 N–H and O–H groups in total. The van der Waals surface area contributed by atoms with Gasteiger partial charge in [-0.2, -0.15) is 11.8 Å². The van der Waals surface area contributed by atoms with Gasteiger partial charge in [0.1, 0.15) is 11.5 Å². The number of amides is 1. The van der Waals surface area contributed by atoms with E-state index in [2.05, 4.69) is 0 Å². The smallest absolute Gasteiger partial charge is 0.252 e. The molecule has 0 spiro atoms. The lowest BCUT2D eigenvalue weighted by molar-refractivity contribution is 0.0509. The molecular formula is C12H17NO4S. The summed E-state index contributed by atoms with van der Waals surface area (Å²) in [5, 5.41) is 0. The Labute approximate surface area is 111 Å². The average Bonchev–Trinajstić information content (AvgIpc) is 2.37. The number of hydrogen-bond donors (Lipinski definition) is 1. The highest BCUT2D eigenvalue weighted by Crippen LogP contribution is 2.24. The molecule has 0 saturated carbocycles. The maximum absolute atomic E-state index is 11.3. The predicted octanol–water partition coefficient (Wildman–Crippen LogP) is 1.51. The minimum absolute atomic E-state index is 0.116. The summed E-state index contributed by atoms with van der Waals surface area (Å²) in [5.74, 6) is 1.29. The average molecular weight is 271 g/mol. The van der Waals surface area contributed by atoms with Crippen LogP contribution in [0.2, 0.25) is 0 Å². The van der Waals surface area contributed by atoms with E-state index in [0.717, 1.165) is 5.75 Å². The van der Waals surface area contributed by atoms with E-state index in [0.29, 0.717) is 23.7 Å². The molecular weight excluding hydrogens is 254 g/mol. The summed E-state index contributed by atoms with van der Waals surface area (Å²) in [7, 11) is 1.52. The second-order valence-corrected chi connectivity index (χ2v) is 4.40. The Morgan fingerprint density at radius 2 is 2.17 bits per heavy atom. The molecule has 1 aromatic rings. The van der Waals surface area contributed by atoms with Gasteiger partial charge < -0.3 is 19.9 Å². The first-order valence-corrected chi connectivity index (χ1v) is 6.75. The van der Waals surface area contributed by atoms with Gasteiger partial charge in [0.15, 0.2) is 6.79 Å². The molecule has 0 atom stereocenters. The number of rotatable bonds is 8. The van der Waals surface area contributed by atoms with Crippen LogP contribution in [-0.4, -0.2) is 38.4 Å². The number of primary amides is 1. The van der Waals surface area contributed by atoms with Gasteiger partial charge in [0.25, 0.3) is 5.91 Å². The van der Waals surface area contributed by atoms with Crippen LogP contribution >= 0.6 is 11.8 Å². The molecule has 0 aliphatic heterocycles. The van der Waals surface area contributed by atoms with Gasteiger partial charge in [-0.1, -0.05) is 0 Å². The van der Waals surface area contributed by atoms with Crippen LogP contribution in [0.3, 0.4) is 0 Å². The van der Waals surface area contributed by atoms with E-state index < -0.39 is 5.91 Å². The lowest BCUT2D eigenvalue weighted by Gasteiger charge is -2.11. The quantitative estimate of drug-likeness (QED) is 0.573. The Kier molecular flexibility index (Phi) is 6.38. The van der Waals surface area contributed by atoms with Gasteiger partial charge >= 0.3 is 0 Å². The Morgan fingerprint density at radius 3 is 2.78 bits per heavy atom. The van der Waals surface area contributed by atoms with E-state index in [-0.39, 0.29) is 6.79 Å². The number of carbonyl (C=O) groups is 1. The van der Waals surface area contributed by atoms with Gasteiger partial charge in [-0.05, 0) is 24.5 Å². The molecule has 0 unspecified atom stereocenters. The van der Waals surface area contributed by atoms with Crippen molar-refractivity contribution in [1.29, 1.82) is 0 Å². The molecule has 0 aliphatic rings. The lowest BCUT2D eigenvalue weighted by Crippen LogP contribution is -2.14. The van der Waals surface area contributed by atoms with Gasteiger partial charge in [0.05, 0.1) is 12.2 Å². The third-order valence-corrected chi connectivity index (χ3v) is 2.68. The van der Waals surface area contributed by atoms with Crippen molar-refractivity contribution >= 4 is 17.7 Å². The number of benzene rings is 1. The van der Waals surface area contributed by atoms with Gasteiger partial charge in [-0.15, -0.1) is 0 Å². The normalized spacial score (nSPS) is 10.1. The fourth-order valence-corrected chi connectivity index (χ4v) is 1.53. The van der Waals surface area contributed by atoms with E-state index >= 15 is 0 Å². The molecule has 0 fully saturated rings. The SMILES string of the molecule is COCOc1ccc(OCCSC)c(C(N)=O)c1. The van der Waals surface area contributed by atoms with Crippen LogP contribution < -0.4 is 15.2 Å². The summed E-state index contributed by atoms with van der Waals surface area (Å²) in [6, 6.07) is 4.93. The Bertz CT molecular complexity index is 398. The van der Waals surface area contributed by atoms with Crippen LogP contribution in [0.5, 0.6) is 11.5 Å². The summed E-state index contributed by atoms with van der Waals surface area (Å²) >= 11 is 1.67. The van der Waals surface area contributed by atoms with E-state index in [1.807, 2.05) is 6.26 Å². The summed E-state index contributed by atoms with van der Waals surface area (Å²) in [5.41, 5.74) is 5.62. The largest absolute Gasteiger partial charge is 0.492 e. The van der Waals surface area contributed by atoms with Crippen molar-refractivity contribution in [3.8, 4) is 11.5 Å². The fourth-order valence-electron chi connectivity index (χ4n) is 1.28. The summed E-state index contributed by atoms with van der Waals surface area (Å²) in [4.78, 5) is 11.3. The zero-order chi connectivity index (χ0) is 13.4. The van der Waals surface area contributed by atoms with Crippen molar-refractivity contribution in [2.45, 2.75) is 0 Å². The molecule has 18 heavy (non-hydrogen) atoms. The highest BCUT2D eigenvalue weighted by atomic mass is 32.2. The third-order valence-electron chi connectivity index (χ3n) is 2.10. The topological polar surface area (TPSA) is 70.8 Å². The van der Waals surface area contributed by atoms with Gasteiger partial charge in [0.2, 0.25) is 0 Å². The van der Waals surface area contributed by atoms with Gasteiger partial charge in [-0.3, -0.25) is 4.79 Å². The van der Waals surface area contributed by atoms with Gasteiger partial charge in [-0.25, -0.2) is 0 Å². The van der Waals surface area contributed by atoms with Crippen molar-refractivity contribution in [2.24, 2.45) is 5.73 Å². The lowest BCUT2D eigenvalue weighted by atomic mass is 10.2. The Balaban J connectivity index is 2.80. The standard InChI is InChI=1S/C12H17NO4S/c1-15-8-17-9-3-4-11(16-5-6-18-2)10(7-9)12(13)14/h3-4,7H,5-6,8H2,1-2H3,(H2,13,14). The number of methoxy groups -OCH3 is 1. The van der Waals surface area contributed by atoms with E-state index in [4.69, 9.17) is 19.9 Å². The summed E-state index contributed by atoms with van der Waals surface area (Å²) in [6.45, 7) is 0.643. The molecule has 5 nitrogen and oxygen atoms in total. The summed E-state index contributed by atoms with van der Waals surface area (Å²) < 4.78 is 15.5. The van der Waals surface area contributed by atoms with E-state index in [1.165, 1.54) is 7.11 Å². The van der Waals surface area contributed by atoms with E-state index in [1.54, 1.807) is 30.0 Å². The molecule has 1 rings (SSSR count). The van der Waals surface area contributed by atoms with Gasteiger partial charge in [0, 0.05) is 12.9 Å². The molecule has 0 bridgehead atoms. The van der Waals surface area contributed by atoms with Crippen molar-refractivity contribution in [1.82, 2.24) is 0 Å². The zero-order valence-corrected chi connectivity index (χ0v) is 11.3. The highest BCUT2D eigenvalue weighted by molar-refractivity contribution is 7.98. The number of nitrogens with two attached hydrogens (primary N) is 1. The molecule has 0 heterocycles. The second-order valence-electron chi connectivity index (χ2n) is 3.41. The molecule has 0 saturated heterocycles. The summed E-state index contributed by atoms with van der Waals surface area (Å²) in [6.07, 6.45) is 1.99. The maximum Gasteiger partial charge on any atom is 0.252 e. The Hall–Kier alpha value is -1.40. The predicted molar refractivity (Wildman–Crippen MR) is 71.3 cm³/mol. The minimum Gasteiger partial charge on any atom is -0.492 e. The minimum atomic E-state index is -0.544. The van der Waals surface area contributed by atoms with Crippen molar-refractivity contribution in [3.63, 3.8) is 0 Å². The zero-order valence-electron chi connectivity index (χ0n) is 10.5. The van der Waals surface area contributed by atoms with Crippen molar-refractivity contribution < 1.29 is 19.0 Å². The number of ether oxygens (including phenoxy) is 3. The first kappa shape index (κ1) is 14.7. The number of hydrogen-bond acceptors (Lipinski definition) is 5. The molecule has 6 heteroatoms. The fraction of sp³-hybridized carbons (Fsp3) is 0.417. The van der Waals surface area contributed by atoms with Crippen LogP contribution in [0.15, 0.2) is 18.2 Å². The first-order chi connectivity index (χ1) is 8.69. The van der Waals surface area contributed by atoms with Crippen molar-refractivity contribution in [2.75, 3.05) is 32.5 Å². The number of carbonyl (C=O) groups excluding carboxylic acids is 1. The maximum atomic E-state index is 11.3. The van der Waals surface area contributed by atoms with Crippen LogP contribution in [0.1, 0.15) is 10.4 Å². The molecule has 100 valence electrons. The molecule has 0 radical (unpaired) electrons. The second kappa shape index (κ2) is 7.84. The molecule has 1 aromatic carbocycles. The van der Waals surface area contributed by atoms with Crippen molar-refractivity contribution in [3.05, 3.63) is 23.8 Å². The van der Waals surface area contributed by atoms with Crippen LogP contribution in [0.4, 0.5) is 0 Å². The van der Waals surface area contributed by atoms with Crippen LogP contribution in [0.25, 0.3) is 0 Å². The van der Waals surface area contributed by atoms with Crippen LogP contribution in [0, 0.1) is 0 Å². The third kappa shape index (κ3) is 4.46. The first-order valence-electron chi connectivity index (χ1n) is 5.36. The molecule has 0 aromatic heterocycles.